The lowest BCUT2D eigenvalue weighted by molar-refractivity contribution is -0.152. The Bertz CT molecular complexity index is 545. The number of aryl methyl sites for hydroxylation is 1. The molecular weight excluding hydrogens is 304 g/mol. The molecule has 0 aromatic carbocycles. The van der Waals surface area contributed by atoms with Crippen LogP contribution in [0.3, 0.4) is 0 Å². The number of carbonyl (C=O) groups excluding carboxylic acids is 1. The molecule has 1 N–H and O–H groups in total. The lowest BCUT2D eigenvalue weighted by Crippen LogP contribution is -2.50. The Morgan fingerprint density at radius 1 is 1.55 bits per heavy atom. The number of methoxy groups -OCH3 is 1. The van der Waals surface area contributed by atoms with Crippen molar-refractivity contribution in [2.75, 3.05) is 26.8 Å². The zero-order valence-corrected chi connectivity index (χ0v) is 13.8. The topological polar surface area (TPSA) is 79.7 Å². The molecule has 2 heterocycles. The predicted molar refractivity (Wildman–Crippen MR) is 83.2 cm³/mol. The number of amides is 1. The largest absolute Gasteiger partial charge is 0.481 e. The average molecular weight is 326 g/mol. The highest BCUT2D eigenvalue weighted by Gasteiger charge is 2.43. The zero-order valence-electron chi connectivity index (χ0n) is 13.0. The predicted octanol–water partition coefficient (Wildman–Crippen LogP) is 2.19. The monoisotopic (exact) mass is 326 g/mol. The van der Waals surface area contributed by atoms with Crippen molar-refractivity contribution in [1.82, 2.24) is 9.88 Å². The van der Waals surface area contributed by atoms with Crippen LogP contribution in [0.5, 0.6) is 0 Å². The summed E-state index contributed by atoms with van der Waals surface area (Å²) in [5.74, 6) is -0.917. The second-order valence-corrected chi connectivity index (χ2v) is 6.63. The zero-order chi connectivity index (χ0) is 16.2. The molecule has 1 saturated heterocycles. The molecule has 1 aliphatic rings. The van der Waals surface area contributed by atoms with Gasteiger partial charge in [0.05, 0.1) is 16.6 Å². The number of rotatable bonds is 6. The van der Waals surface area contributed by atoms with E-state index in [1.54, 1.807) is 24.4 Å². The second-order valence-electron chi connectivity index (χ2n) is 5.78. The number of carboxylic acid groups (broad SMARTS) is 1. The van der Waals surface area contributed by atoms with Gasteiger partial charge >= 0.3 is 5.97 Å². The van der Waals surface area contributed by atoms with Gasteiger partial charge in [0.1, 0.15) is 4.88 Å². The van der Waals surface area contributed by atoms with Gasteiger partial charge in [-0.1, -0.05) is 0 Å². The van der Waals surface area contributed by atoms with Crippen LogP contribution in [0.4, 0.5) is 0 Å². The summed E-state index contributed by atoms with van der Waals surface area (Å²) in [7, 11) is 1.61. The lowest BCUT2D eigenvalue weighted by Gasteiger charge is -2.40. The van der Waals surface area contributed by atoms with Gasteiger partial charge in [-0.3, -0.25) is 9.59 Å². The Balaban J connectivity index is 2.13. The molecule has 7 heteroatoms. The van der Waals surface area contributed by atoms with Crippen molar-refractivity contribution in [2.45, 2.75) is 32.6 Å². The number of hydrogen-bond acceptors (Lipinski definition) is 5. The van der Waals surface area contributed by atoms with E-state index >= 15 is 0 Å². The Kier molecular flexibility index (Phi) is 5.52. The molecule has 6 nitrogen and oxygen atoms in total. The molecule has 1 aromatic rings. The third-order valence-electron chi connectivity index (χ3n) is 4.26. The molecule has 0 saturated carbocycles. The van der Waals surface area contributed by atoms with E-state index in [9.17, 15) is 14.7 Å². The molecule has 0 spiro atoms. The number of aromatic nitrogens is 1. The summed E-state index contributed by atoms with van der Waals surface area (Å²) < 4.78 is 5.03. The minimum atomic E-state index is -0.856. The highest BCUT2D eigenvalue weighted by atomic mass is 32.1. The lowest BCUT2D eigenvalue weighted by atomic mass is 9.76. The standard InChI is InChI=1S/C15H22N2O4S/c1-11-12(22-10-16-11)13(18)17-7-3-5-15(9-17,14(19)20)6-4-8-21-2/h10H,3-9H2,1-2H3,(H,19,20)/t15-/m0/s1. The Morgan fingerprint density at radius 2 is 2.32 bits per heavy atom. The highest BCUT2D eigenvalue weighted by molar-refractivity contribution is 7.11. The summed E-state index contributed by atoms with van der Waals surface area (Å²) in [4.78, 5) is 30.8. The summed E-state index contributed by atoms with van der Waals surface area (Å²) in [6.45, 7) is 3.21. The molecular formula is C15H22N2O4S. The van der Waals surface area contributed by atoms with Gasteiger partial charge in [0.2, 0.25) is 0 Å². The summed E-state index contributed by atoms with van der Waals surface area (Å²) in [6.07, 6.45) is 2.53. The van der Waals surface area contributed by atoms with Crippen LogP contribution in [-0.4, -0.2) is 53.7 Å². The fourth-order valence-corrected chi connectivity index (χ4v) is 3.77. The molecule has 2 rings (SSSR count). The van der Waals surface area contributed by atoms with E-state index in [0.717, 1.165) is 0 Å². The van der Waals surface area contributed by atoms with Crippen molar-refractivity contribution < 1.29 is 19.4 Å². The van der Waals surface area contributed by atoms with Crippen LogP contribution >= 0.6 is 11.3 Å². The number of piperidine rings is 1. The van der Waals surface area contributed by atoms with E-state index < -0.39 is 11.4 Å². The van der Waals surface area contributed by atoms with Crippen molar-refractivity contribution in [3.05, 3.63) is 16.1 Å². The molecule has 1 fully saturated rings. The maximum absolute atomic E-state index is 12.6. The Labute approximate surface area is 134 Å². The first-order chi connectivity index (χ1) is 10.5. The maximum atomic E-state index is 12.6. The molecule has 1 aliphatic heterocycles. The van der Waals surface area contributed by atoms with Gasteiger partial charge in [-0.2, -0.15) is 0 Å². The summed E-state index contributed by atoms with van der Waals surface area (Å²) in [5.41, 5.74) is 1.50. The van der Waals surface area contributed by atoms with Crippen molar-refractivity contribution in [1.29, 1.82) is 0 Å². The van der Waals surface area contributed by atoms with Crippen LogP contribution < -0.4 is 0 Å². The van der Waals surface area contributed by atoms with Gasteiger partial charge in [0, 0.05) is 26.8 Å². The molecule has 0 bridgehead atoms. The molecule has 0 aliphatic carbocycles. The van der Waals surface area contributed by atoms with E-state index in [1.165, 1.54) is 11.3 Å². The van der Waals surface area contributed by atoms with Gasteiger partial charge in [0.15, 0.2) is 0 Å². The molecule has 122 valence electrons. The third kappa shape index (κ3) is 3.47. The van der Waals surface area contributed by atoms with E-state index in [0.29, 0.717) is 49.4 Å². The van der Waals surface area contributed by atoms with Crippen molar-refractivity contribution in [3.63, 3.8) is 0 Å². The first-order valence-corrected chi connectivity index (χ1v) is 8.30. The van der Waals surface area contributed by atoms with Crippen LogP contribution in [0.1, 0.15) is 41.0 Å². The fraction of sp³-hybridized carbons (Fsp3) is 0.667. The van der Waals surface area contributed by atoms with E-state index in [2.05, 4.69) is 4.98 Å². The minimum absolute atomic E-state index is 0.0999. The van der Waals surface area contributed by atoms with Gasteiger partial charge in [-0.15, -0.1) is 11.3 Å². The van der Waals surface area contributed by atoms with Crippen molar-refractivity contribution in [3.8, 4) is 0 Å². The summed E-state index contributed by atoms with van der Waals surface area (Å²) in [6, 6.07) is 0. The number of thiazole rings is 1. The number of carbonyl (C=O) groups is 2. The molecule has 1 amide bonds. The van der Waals surface area contributed by atoms with Gasteiger partial charge in [-0.05, 0) is 32.6 Å². The van der Waals surface area contributed by atoms with Crippen LogP contribution in [0.2, 0.25) is 0 Å². The summed E-state index contributed by atoms with van der Waals surface area (Å²) in [5, 5.41) is 9.68. The Hall–Kier alpha value is -1.47. The quantitative estimate of drug-likeness (QED) is 0.811. The number of likely N-dealkylation sites (tertiary alicyclic amines) is 1. The smallest absolute Gasteiger partial charge is 0.311 e. The number of hydrogen-bond donors (Lipinski definition) is 1. The maximum Gasteiger partial charge on any atom is 0.311 e. The van der Waals surface area contributed by atoms with Crippen molar-refractivity contribution >= 4 is 23.2 Å². The highest BCUT2D eigenvalue weighted by Crippen LogP contribution is 2.36. The average Bonchev–Trinajstić information content (AvgIpc) is 2.93. The number of carboxylic acids is 1. The third-order valence-corrected chi connectivity index (χ3v) is 5.18. The van der Waals surface area contributed by atoms with Crippen LogP contribution in [0.15, 0.2) is 5.51 Å². The number of nitrogens with zero attached hydrogens (tertiary/aromatic N) is 2. The number of aliphatic carboxylic acids is 1. The van der Waals surface area contributed by atoms with Gasteiger partial charge < -0.3 is 14.7 Å². The van der Waals surface area contributed by atoms with E-state index in [4.69, 9.17) is 4.74 Å². The second kappa shape index (κ2) is 7.19. The molecule has 1 atom stereocenters. The molecule has 1 aromatic heterocycles. The fourth-order valence-electron chi connectivity index (χ4n) is 3.00. The first kappa shape index (κ1) is 16.9. The van der Waals surface area contributed by atoms with Crippen LogP contribution in [0, 0.1) is 12.3 Å². The normalized spacial score (nSPS) is 21.8. The SMILES string of the molecule is COCCC[C@@]1(C(=O)O)CCCN(C(=O)c2scnc2C)C1. The van der Waals surface area contributed by atoms with Gasteiger partial charge in [0.25, 0.3) is 5.91 Å². The molecule has 0 unspecified atom stereocenters. The van der Waals surface area contributed by atoms with Crippen LogP contribution in [0.25, 0.3) is 0 Å². The minimum Gasteiger partial charge on any atom is -0.481 e. The van der Waals surface area contributed by atoms with Crippen LogP contribution in [-0.2, 0) is 9.53 Å². The molecule has 0 radical (unpaired) electrons. The first-order valence-electron chi connectivity index (χ1n) is 7.42. The summed E-state index contributed by atoms with van der Waals surface area (Å²) >= 11 is 1.31. The van der Waals surface area contributed by atoms with Gasteiger partial charge in [-0.25, -0.2) is 4.98 Å². The van der Waals surface area contributed by atoms with E-state index in [1.807, 2.05) is 0 Å². The Morgan fingerprint density at radius 3 is 2.91 bits per heavy atom. The molecule has 22 heavy (non-hydrogen) atoms. The van der Waals surface area contributed by atoms with Crippen molar-refractivity contribution in [2.24, 2.45) is 5.41 Å². The van der Waals surface area contributed by atoms with E-state index in [-0.39, 0.29) is 12.5 Å². The number of ether oxygens (including phenoxy) is 1.